The van der Waals surface area contributed by atoms with Crippen LogP contribution in [0.3, 0.4) is 0 Å². The number of carbonyl (C=O) groups is 1. The number of aromatic carboxylic acids is 1. The molecule has 1 aliphatic rings. The van der Waals surface area contributed by atoms with Gasteiger partial charge in [-0.2, -0.15) is 4.31 Å². The standard InChI is InChI=1S/C14H19NO5S/c1-10(16)11-6-8-15(9-7-11)21(19,20)13-4-2-12(3-5-13)14(17)18/h2-5,10-11,16H,6-9H2,1H3,(H,17,18). The summed E-state index contributed by atoms with van der Waals surface area (Å²) in [7, 11) is -3.59. The highest BCUT2D eigenvalue weighted by atomic mass is 32.2. The number of aliphatic hydroxyl groups is 1. The summed E-state index contributed by atoms with van der Waals surface area (Å²) in [6.07, 6.45) is 0.832. The molecule has 0 saturated carbocycles. The van der Waals surface area contributed by atoms with Crippen LogP contribution in [-0.2, 0) is 10.0 Å². The summed E-state index contributed by atoms with van der Waals surface area (Å²) in [4.78, 5) is 10.9. The zero-order valence-electron chi connectivity index (χ0n) is 11.8. The molecule has 1 atom stereocenters. The lowest BCUT2D eigenvalue weighted by Crippen LogP contribution is -2.40. The van der Waals surface area contributed by atoms with Crippen LogP contribution in [0.2, 0.25) is 0 Å². The zero-order chi connectivity index (χ0) is 15.6. The third kappa shape index (κ3) is 3.42. The second kappa shape index (κ2) is 6.13. The lowest BCUT2D eigenvalue weighted by atomic mass is 9.93. The van der Waals surface area contributed by atoms with Gasteiger partial charge in [0.15, 0.2) is 0 Å². The van der Waals surface area contributed by atoms with E-state index < -0.39 is 22.1 Å². The first-order chi connectivity index (χ1) is 9.82. The lowest BCUT2D eigenvalue weighted by Gasteiger charge is -2.32. The molecule has 1 fully saturated rings. The highest BCUT2D eigenvalue weighted by Gasteiger charge is 2.30. The number of hydrogen-bond donors (Lipinski definition) is 2. The normalized spacial score (nSPS) is 19.3. The van der Waals surface area contributed by atoms with E-state index in [9.17, 15) is 18.3 Å². The summed E-state index contributed by atoms with van der Waals surface area (Å²) < 4.78 is 26.3. The maximum absolute atomic E-state index is 12.5. The smallest absolute Gasteiger partial charge is 0.335 e. The van der Waals surface area contributed by atoms with Crippen molar-refractivity contribution in [1.29, 1.82) is 0 Å². The molecule has 1 aromatic carbocycles. The van der Waals surface area contributed by atoms with E-state index in [4.69, 9.17) is 5.11 Å². The SMILES string of the molecule is CC(O)C1CCN(S(=O)(=O)c2ccc(C(=O)O)cc2)CC1. The molecule has 7 heteroatoms. The van der Waals surface area contributed by atoms with Crippen molar-refractivity contribution in [2.75, 3.05) is 13.1 Å². The number of aliphatic hydroxyl groups excluding tert-OH is 1. The quantitative estimate of drug-likeness (QED) is 0.870. The maximum atomic E-state index is 12.5. The molecule has 0 spiro atoms. The molecule has 1 unspecified atom stereocenters. The molecule has 1 saturated heterocycles. The van der Waals surface area contributed by atoms with Crippen molar-refractivity contribution in [3.8, 4) is 0 Å². The van der Waals surface area contributed by atoms with Crippen LogP contribution in [0.5, 0.6) is 0 Å². The Labute approximate surface area is 124 Å². The molecule has 0 amide bonds. The van der Waals surface area contributed by atoms with Gasteiger partial charge in [0.05, 0.1) is 16.6 Å². The number of carboxylic acid groups (broad SMARTS) is 1. The predicted molar refractivity (Wildman–Crippen MR) is 76.6 cm³/mol. The van der Waals surface area contributed by atoms with Crippen molar-refractivity contribution in [2.45, 2.75) is 30.8 Å². The molecule has 6 nitrogen and oxygen atoms in total. The second-order valence-corrected chi connectivity index (χ2v) is 7.25. The molecular formula is C14H19NO5S. The fraction of sp³-hybridized carbons (Fsp3) is 0.500. The average molecular weight is 313 g/mol. The van der Waals surface area contributed by atoms with Gasteiger partial charge < -0.3 is 10.2 Å². The van der Waals surface area contributed by atoms with Crippen LogP contribution in [0.4, 0.5) is 0 Å². The van der Waals surface area contributed by atoms with E-state index in [-0.39, 0.29) is 16.4 Å². The molecule has 116 valence electrons. The van der Waals surface area contributed by atoms with Crippen molar-refractivity contribution < 1.29 is 23.4 Å². The Morgan fingerprint density at radius 2 is 1.76 bits per heavy atom. The topological polar surface area (TPSA) is 94.9 Å². The number of carboxylic acids is 1. The van der Waals surface area contributed by atoms with Crippen LogP contribution >= 0.6 is 0 Å². The zero-order valence-corrected chi connectivity index (χ0v) is 12.6. The number of rotatable bonds is 4. The molecule has 1 heterocycles. The summed E-state index contributed by atoms with van der Waals surface area (Å²) in [6.45, 7) is 2.47. The van der Waals surface area contributed by atoms with Gasteiger partial charge in [0.1, 0.15) is 0 Å². The van der Waals surface area contributed by atoms with E-state index in [0.717, 1.165) is 0 Å². The monoisotopic (exact) mass is 313 g/mol. The Hall–Kier alpha value is -1.44. The van der Waals surface area contributed by atoms with Gasteiger partial charge in [-0.1, -0.05) is 0 Å². The molecule has 0 aromatic heterocycles. The van der Waals surface area contributed by atoms with Crippen LogP contribution < -0.4 is 0 Å². The Bertz CT molecular complexity index is 601. The van der Waals surface area contributed by atoms with E-state index in [1.165, 1.54) is 28.6 Å². The van der Waals surface area contributed by atoms with Crippen molar-refractivity contribution in [2.24, 2.45) is 5.92 Å². The minimum absolute atomic E-state index is 0.0572. The molecule has 1 aliphatic heterocycles. The van der Waals surface area contributed by atoms with Crippen LogP contribution in [-0.4, -0.2) is 48.1 Å². The van der Waals surface area contributed by atoms with Gasteiger partial charge in [-0.25, -0.2) is 13.2 Å². The fourth-order valence-electron chi connectivity index (χ4n) is 2.52. The predicted octanol–water partition coefficient (Wildman–Crippen LogP) is 1.17. The number of nitrogens with zero attached hydrogens (tertiary/aromatic N) is 1. The highest BCUT2D eigenvalue weighted by molar-refractivity contribution is 7.89. The Morgan fingerprint density at radius 3 is 2.19 bits per heavy atom. The van der Waals surface area contributed by atoms with Gasteiger partial charge >= 0.3 is 5.97 Å². The largest absolute Gasteiger partial charge is 0.478 e. The first kappa shape index (κ1) is 15.9. The number of piperidine rings is 1. The van der Waals surface area contributed by atoms with Gasteiger partial charge in [0.2, 0.25) is 10.0 Å². The summed E-state index contributed by atoms with van der Waals surface area (Å²) in [5, 5.41) is 18.4. The van der Waals surface area contributed by atoms with Gasteiger partial charge in [0, 0.05) is 13.1 Å². The van der Waals surface area contributed by atoms with Crippen LogP contribution in [0, 0.1) is 5.92 Å². The van der Waals surface area contributed by atoms with Gasteiger partial charge in [-0.15, -0.1) is 0 Å². The van der Waals surface area contributed by atoms with Crippen molar-refractivity contribution in [3.63, 3.8) is 0 Å². The number of sulfonamides is 1. The molecule has 2 rings (SSSR count). The molecule has 1 aromatic rings. The second-order valence-electron chi connectivity index (χ2n) is 5.31. The van der Waals surface area contributed by atoms with Gasteiger partial charge in [0.25, 0.3) is 0 Å². The summed E-state index contributed by atoms with van der Waals surface area (Å²) in [5.74, 6) is -0.956. The van der Waals surface area contributed by atoms with E-state index >= 15 is 0 Å². The van der Waals surface area contributed by atoms with E-state index in [2.05, 4.69) is 0 Å². The molecule has 2 N–H and O–H groups in total. The van der Waals surface area contributed by atoms with Gasteiger partial charge in [-0.3, -0.25) is 0 Å². The minimum Gasteiger partial charge on any atom is -0.478 e. The lowest BCUT2D eigenvalue weighted by molar-refractivity contribution is 0.0696. The van der Waals surface area contributed by atoms with Crippen molar-refractivity contribution in [3.05, 3.63) is 29.8 Å². The van der Waals surface area contributed by atoms with Crippen LogP contribution in [0.1, 0.15) is 30.1 Å². The molecule has 0 bridgehead atoms. The van der Waals surface area contributed by atoms with E-state index in [0.29, 0.717) is 25.9 Å². The number of benzene rings is 1. The summed E-state index contributed by atoms with van der Waals surface area (Å²) >= 11 is 0. The third-order valence-electron chi connectivity index (χ3n) is 3.92. The van der Waals surface area contributed by atoms with E-state index in [1.54, 1.807) is 6.92 Å². The summed E-state index contributed by atoms with van der Waals surface area (Å²) in [6, 6.07) is 5.22. The van der Waals surface area contributed by atoms with E-state index in [1.807, 2.05) is 0 Å². The molecular weight excluding hydrogens is 294 g/mol. The Balaban J connectivity index is 2.13. The van der Waals surface area contributed by atoms with Crippen molar-refractivity contribution >= 4 is 16.0 Å². The van der Waals surface area contributed by atoms with Crippen LogP contribution in [0.15, 0.2) is 29.2 Å². The molecule has 21 heavy (non-hydrogen) atoms. The summed E-state index contributed by atoms with van der Waals surface area (Å²) in [5.41, 5.74) is 0.0572. The van der Waals surface area contributed by atoms with Crippen LogP contribution in [0.25, 0.3) is 0 Å². The minimum atomic E-state index is -3.59. The van der Waals surface area contributed by atoms with Gasteiger partial charge in [-0.05, 0) is 49.9 Å². The molecule has 0 aliphatic carbocycles. The maximum Gasteiger partial charge on any atom is 0.335 e. The average Bonchev–Trinajstić information content (AvgIpc) is 2.47. The first-order valence-electron chi connectivity index (χ1n) is 6.84. The Morgan fingerprint density at radius 1 is 1.24 bits per heavy atom. The Kier molecular flexibility index (Phi) is 4.65. The fourth-order valence-corrected chi connectivity index (χ4v) is 3.99. The highest BCUT2D eigenvalue weighted by Crippen LogP contribution is 2.25. The number of hydrogen-bond acceptors (Lipinski definition) is 4. The van der Waals surface area contributed by atoms with Crippen molar-refractivity contribution in [1.82, 2.24) is 4.31 Å². The molecule has 0 radical (unpaired) electrons. The first-order valence-corrected chi connectivity index (χ1v) is 8.28. The third-order valence-corrected chi connectivity index (χ3v) is 5.83.